The highest BCUT2D eigenvalue weighted by molar-refractivity contribution is 5.85. The number of aromatic nitrogens is 5. The number of nitrogens with one attached hydrogen (secondary N) is 2. The molecule has 3 aromatic rings. The van der Waals surface area contributed by atoms with Crippen LogP contribution < -0.4 is 5.32 Å². The van der Waals surface area contributed by atoms with Crippen LogP contribution in [0.2, 0.25) is 0 Å². The van der Waals surface area contributed by atoms with Gasteiger partial charge in [0.25, 0.3) is 0 Å². The van der Waals surface area contributed by atoms with E-state index in [4.69, 9.17) is 4.42 Å². The molecule has 2 N–H and O–H groups in total. The summed E-state index contributed by atoms with van der Waals surface area (Å²) in [5.41, 5.74) is 1.61. The maximum absolute atomic E-state index is 5.49. The smallest absolute Gasteiger partial charge is 0.213 e. The van der Waals surface area contributed by atoms with E-state index in [1.807, 2.05) is 13.8 Å². The van der Waals surface area contributed by atoms with Crippen LogP contribution in [0.3, 0.4) is 0 Å². The molecular formula is C11H12N6O. The molecule has 7 heteroatoms. The third-order valence-corrected chi connectivity index (χ3v) is 2.73. The molecule has 3 heterocycles. The Kier molecular flexibility index (Phi) is 2.44. The summed E-state index contributed by atoms with van der Waals surface area (Å²) in [6.45, 7) is 4.29. The predicted molar refractivity (Wildman–Crippen MR) is 65.0 cm³/mol. The van der Waals surface area contributed by atoms with E-state index in [2.05, 4.69) is 30.5 Å². The van der Waals surface area contributed by atoms with Crippen molar-refractivity contribution in [2.45, 2.75) is 20.4 Å². The average Bonchev–Trinajstić information content (AvgIpc) is 2.94. The van der Waals surface area contributed by atoms with Crippen molar-refractivity contribution in [2.24, 2.45) is 0 Å². The molecule has 0 saturated heterocycles. The van der Waals surface area contributed by atoms with Gasteiger partial charge in [-0.25, -0.2) is 15.0 Å². The first kappa shape index (κ1) is 10.7. The van der Waals surface area contributed by atoms with Crippen LogP contribution in [0, 0.1) is 13.8 Å². The van der Waals surface area contributed by atoms with Crippen LogP contribution in [-0.4, -0.2) is 25.1 Å². The van der Waals surface area contributed by atoms with Crippen LogP contribution in [0.1, 0.15) is 17.3 Å². The van der Waals surface area contributed by atoms with Gasteiger partial charge in [0.1, 0.15) is 17.9 Å². The zero-order valence-corrected chi connectivity index (χ0v) is 10.1. The van der Waals surface area contributed by atoms with Crippen LogP contribution in [0.25, 0.3) is 11.0 Å². The number of aryl methyl sites for hydroxylation is 2. The zero-order valence-electron chi connectivity index (χ0n) is 10.1. The molecule has 92 valence electrons. The summed E-state index contributed by atoms with van der Waals surface area (Å²) in [6.07, 6.45) is 3.17. The number of hydrogen-bond donors (Lipinski definition) is 2. The van der Waals surface area contributed by atoms with E-state index in [-0.39, 0.29) is 0 Å². The Labute approximate surface area is 103 Å². The van der Waals surface area contributed by atoms with Crippen molar-refractivity contribution >= 4 is 16.9 Å². The summed E-state index contributed by atoms with van der Waals surface area (Å²) in [6, 6.07) is 0. The predicted octanol–water partition coefficient (Wildman–Crippen LogP) is 1.57. The van der Waals surface area contributed by atoms with Crippen molar-refractivity contribution in [1.29, 1.82) is 0 Å². The quantitative estimate of drug-likeness (QED) is 0.726. The molecule has 3 rings (SSSR count). The van der Waals surface area contributed by atoms with Gasteiger partial charge in [0.05, 0.1) is 23.8 Å². The maximum atomic E-state index is 5.49. The minimum Gasteiger partial charge on any atom is -0.444 e. The number of H-pyrrole nitrogens is 1. The fraction of sp³-hybridized carbons (Fsp3) is 0.273. The molecule has 0 bridgehead atoms. The summed E-state index contributed by atoms with van der Waals surface area (Å²) >= 11 is 0. The first-order chi connectivity index (χ1) is 8.74. The molecule has 0 aliphatic carbocycles. The fourth-order valence-corrected chi connectivity index (χ4v) is 1.68. The van der Waals surface area contributed by atoms with Crippen LogP contribution >= 0.6 is 0 Å². The summed E-state index contributed by atoms with van der Waals surface area (Å²) < 4.78 is 5.49. The normalized spacial score (nSPS) is 11.0. The van der Waals surface area contributed by atoms with Crippen LogP contribution in [0.15, 0.2) is 16.9 Å². The molecule has 0 fully saturated rings. The van der Waals surface area contributed by atoms with E-state index in [1.54, 1.807) is 6.20 Å². The lowest BCUT2D eigenvalue weighted by atomic mass is 10.4. The third kappa shape index (κ3) is 1.79. The molecule has 0 aliphatic heterocycles. The standard InChI is InChI=1S/C11H12N6O/c1-6-7(2)18-9(16-6)4-12-10-8-3-15-17-11(8)14-5-13-10/h3,5H,4H2,1-2H3,(H2,12,13,14,15,17). The van der Waals surface area contributed by atoms with Crippen molar-refractivity contribution < 1.29 is 4.42 Å². The van der Waals surface area contributed by atoms with Gasteiger partial charge < -0.3 is 9.73 Å². The lowest BCUT2D eigenvalue weighted by Crippen LogP contribution is -2.02. The number of nitrogens with zero attached hydrogens (tertiary/aromatic N) is 4. The topological polar surface area (TPSA) is 92.5 Å². The highest BCUT2D eigenvalue weighted by atomic mass is 16.4. The van der Waals surface area contributed by atoms with E-state index in [0.717, 1.165) is 16.8 Å². The Morgan fingerprint density at radius 1 is 1.33 bits per heavy atom. The van der Waals surface area contributed by atoms with Gasteiger partial charge in [0.2, 0.25) is 5.89 Å². The Morgan fingerprint density at radius 2 is 2.22 bits per heavy atom. The molecule has 0 unspecified atom stereocenters. The van der Waals surface area contributed by atoms with Crippen molar-refractivity contribution in [3.8, 4) is 0 Å². The Morgan fingerprint density at radius 3 is 3.00 bits per heavy atom. The third-order valence-electron chi connectivity index (χ3n) is 2.73. The van der Waals surface area contributed by atoms with E-state index in [9.17, 15) is 0 Å². The van der Waals surface area contributed by atoms with Crippen LogP contribution in [0.5, 0.6) is 0 Å². The summed E-state index contributed by atoms with van der Waals surface area (Å²) in [7, 11) is 0. The van der Waals surface area contributed by atoms with Crippen molar-refractivity contribution in [3.05, 3.63) is 29.9 Å². The first-order valence-electron chi connectivity index (χ1n) is 5.55. The first-order valence-corrected chi connectivity index (χ1v) is 5.55. The highest BCUT2D eigenvalue weighted by Gasteiger charge is 2.08. The second-order valence-electron chi connectivity index (χ2n) is 3.96. The minimum atomic E-state index is 0.478. The average molecular weight is 244 g/mol. The summed E-state index contributed by atoms with van der Waals surface area (Å²) in [5, 5.41) is 10.7. The molecule has 0 spiro atoms. The fourth-order valence-electron chi connectivity index (χ4n) is 1.68. The lowest BCUT2D eigenvalue weighted by Gasteiger charge is -2.02. The maximum Gasteiger partial charge on any atom is 0.213 e. The highest BCUT2D eigenvalue weighted by Crippen LogP contribution is 2.17. The molecule has 0 amide bonds. The van der Waals surface area contributed by atoms with Crippen molar-refractivity contribution in [1.82, 2.24) is 25.1 Å². The van der Waals surface area contributed by atoms with Gasteiger partial charge in [-0.2, -0.15) is 5.10 Å². The van der Waals surface area contributed by atoms with Gasteiger partial charge in [-0.05, 0) is 13.8 Å². The molecule has 0 aliphatic rings. The minimum absolute atomic E-state index is 0.478. The van der Waals surface area contributed by atoms with E-state index in [1.165, 1.54) is 6.33 Å². The van der Waals surface area contributed by atoms with Gasteiger partial charge in [-0.1, -0.05) is 0 Å². The van der Waals surface area contributed by atoms with Crippen molar-refractivity contribution in [2.75, 3.05) is 5.32 Å². The van der Waals surface area contributed by atoms with Gasteiger partial charge in [-0.15, -0.1) is 0 Å². The summed E-state index contributed by atoms with van der Waals surface area (Å²) in [4.78, 5) is 12.5. The molecule has 7 nitrogen and oxygen atoms in total. The lowest BCUT2D eigenvalue weighted by molar-refractivity contribution is 0.478. The molecule has 0 saturated carbocycles. The van der Waals surface area contributed by atoms with E-state index < -0.39 is 0 Å². The Hall–Kier alpha value is -2.44. The number of fused-ring (bicyclic) bond motifs is 1. The largest absolute Gasteiger partial charge is 0.444 e. The van der Waals surface area contributed by atoms with Crippen molar-refractivity contribution in [3.63, 3.8) is 0 Å². The van der Waals surface area contributed by atoms with Crippen LogP contribution in [0.4, 0.5) is 5.82 Å². The SMILES string of the molecule is Cc1nc(CNc2ncnc3[nH]ncc23)oc1C. The number of rotatable bonds is 3. The number of anilines is 1. The summed E-state index contributed by atoms with van der Waals surface area (Å²) in [5.74, 6) is 2.19. The Balaban J connectivity index is 1.82. The second kappa shape index (κ2) is 4.10. The number of aromatic amines is 1. The zero-order chi connectivity index (χ0) is 12.5. The molecule has 0 radical (unpaired) electrons. The number of oxazole rings is 1. The van der Waals surface area contributed by atoms with E-state index in [0.29, 0.717) is 23.9 Å². The van der Waals surface area contributed by atoms with Crippen LogP contribution in [-0.2, 0) is 6.54 Å². The molecule has 3 aromatic heterocycles. The van der Waals surface area contributed by atoms with Gasteiger partial charge in [0, 0.05) is 0 Å². The van der Waals surface area contributed by atoms with Gasteiger partial charge in [-0.3, -0.25) is 5.10 Å². The monoisotopic (exact) mass is 244 g/mol. The molecular weight excluding hydrogens is 232 g/mol. The van der Waals surface area contributed by atoms with E-state index >= 15 is 0 Å². The van der Waals surface area contributed by atoms with Gasteiger partial charge in [0.15, 0.2) is 5.65 Å². The molecule has 0 aromatic carbocycles. The van der Waals surface area contributed by atoms with Gasteiger partial charge >= 0.3 is 0 Å². The number of hydrogen-bond acceptors (Lipinski definition) is 6. The second-order valence-corrected chi connectivity index (χ2v) is 3.96. The molecule has 18 heavy (non-hydrogen) atoms. The Bertz CT molecular complexity index is 666. The molecule has 0 atom stereocenters.